The smallest absolute Gasteiger partial charge is 0.308 e. The van der Waals surface area contributed by atoms with Gasteiger partial charge in [0.15, 0.2) is 0 Å². The van der Waals surface area contributed by atoms with E-state index in [1.54, 1.807) is 31.4 Å². The predicted molar refractivity (Wildman–Crippen MR) is 119 cm³/mol. The summed E-state index contributed by atoms with van der Waals surface area (Å²) in [5, 5.41) is 1.08. The Labute approximate surface area is 181 Å². The molecule has 4 rings (SSSR count). The van der Waals surface area contributed by atoms with Gasteiger partial charge in [0, 0.05) is 44.1 Å². The maximum atomic E-state index is 12.9. The van der Waals surface area contributed by atoms with E-state index in [0.29, 0.717) is 37.5 Å². The number of aromatic nitrogens is 1. The Morgan fingerprint density at radius 3 is 2.35 bits per heavy atom. The molecule has 1 aliphatic heterocycles. The lowest BCUT2D eigenvalue weighted by atomic mass is 10.1. The van der Waals surface area contributed by atoms with Gasteiger partial charge in [0.05, 0.1) is 7.11 Å². The Balaban J connectivity index is 1.46. The van der Waals surface area contributed by atoms with Gasteiger partial charge in [-0.15, -0.1) is 0 Å². The Bertz CT molecular complexity index is 1120. The van der Waals surface area contributed by atoms with Crippen LogP contribution in [-0.2, 0) is 4.79 Å². The molecule has 0 aliphatic carbocycles. The van der Waals surface area contributed by atoms with Crippen molar-refractivity contribution in [3.8, 4) is 11.5 Å². The third-order valence-electron chi connectivity index (χ3n) is 5.47. The lowest BCUT2D eigenvalue weighted by Crippen LogP contribution is -2.49. The summed E-state index contributed by atoms with van der Waals surface area (Å²) in [6, 6.07) is 14.7. The summed E-state index contributed by atoms with van der Waals surface area (Å²) in [4.78, 5) is 32.8. The molecular formula is C24H25N3O4. The number of pyridine rings is 1. The summed E-state index contributed by atoms with van der Waals surface area (Å²) in [6.45, 7) is 6.03. The van der Waals surface area contributed by atoms with Crippen molar-refractivity contribution in [2.24, 2.45) is 0 Å². The Hall–Kier alpha value is -3.61. The number of carbonyl (C=O) groups excluding carboxylic acids is 2. The number of fused-ring (bicyclic) bond motifs is 1. The third-order valence-corrected chi connectivity index (χ3v) is 5.47. The highest BCUT2D eigenvalue weighted by atomic mass is 16.5. The summed E-state index contributed by atoms with van der Waals surface area (Å²) >= 11 is 0. The fourth-order valence-corrected chi connectivity index (χ4v) is 3.85. The predicted octanol–water partition coefficient (Wildman–Crippen LogP) is 3.44. The lowest BCUT2D eigenvalue weighted by Gasteiger charge is -2.35. The van der Waals surface area contributed by atoms with Gasteiger partial charge in [0.1, 0.15) is 22.8 Å². The molecule has 1 amide bonds. The number of hydrogen-bond acceptors (Lipinski definition) is 6. The third kappa shape index (κ3) is 4.30. The van der Waals surface area contributed by atoms with E-state index in [-0.39, 0.29) is 11.9 Å². The maximum Gasteiger partial charge on any atom is 0.308 e. The number of para-hydroxylation sites is 1. The molecule has 0 spiro atoms. The van der Waals surface area contributed by atoms with Crippen molar-refractivity contribution in [3.05, 3.63) is 59.7 Å². The van der Waals surface area contributed by atoms with Crippen molar-refractivity contribution in [2.45, 2.75) is 13.8 Å². The van der Waals surface area contributed by atoms with Crippen LogP contribution < -0.4 is 14.4 Å². The summed E-state index contributed by atoms with van der Waals surface area (Å²) in [5.74, 6) is 1.67. The zero-order valence-corrected chi connectivity index (χ0v) is 17.9. The number of benzene rings is 2. The zero-order valence-electron chi connectivity index (χ0n) is 17.9. The number of rotatable bonds is 4. The van der Waals surface area contributed by atoms with E-state index in [2.05, 4.69) is 17.9 Å². The van der Waals surface area contributed by atoms with Gasteiger partial charge in [-0.05, 0) is 48.9 Å². The highest BCUT2D eigenvalue weighted by molar-refractivity contribution is 5.94. The summed E-state index contributed by atoms with van der Waals surface area (Å²) < 4.78 is 10.5. The number of piperazine rings is 1. The number of esters is 1. The van der Waals surface area contributed by atoms with Crippen molar-refractivity contribution < 1.29 is 19.1 Å². The van der Waals surface area contributed by atoms with Gasteiger partial charge < -0.3 is 19.3 Å². The first-order chi connectivity index (χ1) is 15.0. The van der Waals surface area contributed by atoms with E-state index in [9.17, 15) is 9.59 Å². The van der Waals surface area contributed by atoms with Gasteiger partial charge in [0.25, 0.3) is 5.91 Å². The molecule has 7 heteroatoms. The van der Waals surface area contributed by atoms with Crippen LogP contribution in [0.5, 0.6) is 11.5 Å². The Morgan fingerprint density at radius 1 is 1.00 bits per heavy atom. The highest BCUT2D eigenvalue weighted by Gasteiger charge is 2.23. The summed E-state index contributed by atoms with van der Waals surface area (Å²) in [6.07, 6.45) is 0. The number of hydrogen-bond donors (Lipinski definition) is 0. The van der Waals surface area contributed by atoms with Crippen LogP contribution in [0.25, 0.3) is 10.9 Å². The molecule has 1 saturated heterocycles. The molecule has 160 valence electrons. The number of methoxy groups -OCH3 is 1. The van der Waals surface area contributed by atoms with Gasteiger partial charge in [-0.2, -0.15) is 0 Å². The number of ether oxygens (including phenoxy) is 2. The van der Waals surface area contributed by atoms with E-state index in [1.807, 2.05) is 23.1 Å². The van der Waals surface area contributed by atoms with Crippen LogP contribution in [-0.4, -0.2) is 55.0 Å². The lowest BCUT2D eigenvalue weighted by molar-refractivity contribution is -0.131. The minimum Gasteiger partial charge on any atom is -0.494 e. The second-order valence-electron chi connectivity index (χ2n) is 7.55. The van der Waals surface area contributed by atoms with Crippen LogP contribution in [0.2, 0.25) is 0 Å². The van der Waals surface area contributed by atoms with Gasteiger partial charge in [-0.1, -0.05) is 12.1 Å². The van der Waals surface area contributed by atoms with Crippen molar-refractivity contribution >= 4 is 28.6 Å². The van der Waals surface area contributed by atoms with E-state index in [4.69, 9.17) is 14.5 Å². The van der Waals surface area contributed by atoms with Gasteiger partial charge >= 0.3 is 5.97 Å². The van der Waals surface area contributed by atoms with Crippen molar-refractivity contribution in [1.82, 2.24) is 9.88 Å². The SMILES string of the molecule is COc1cccc2c(C)cc(N3CCN(C(=O)c4ccc(OC(C)=O)cc4)CC3)nc12. The van der Waals surface area contributed by atoms with E-state index in [1.165, 1.54) is 6.92 Å². The molecule has 7 nitrogen and oxygen atoms in total. The van der Waals surface area contributed by atoms with Gasteiger partial charge in [0.2, 0.25) is 0 Å². The molecule has 0 unspecified atom stereocenters. The van der Waals surface area contributed by atoms with Gasteiger partial charge in [-0.25, -0.2) is 4.98 Å². The first-order valence-corrected chi connectivity index (χ1v) is 10.2. The van der Waals surface area contributed by atoms with Crippen molar-refractivity contribution in [2.75, 3.05) is 38.2 Å². The van der Waals surface area contributed by atoms with Gasteiger partial charge in [-0.3, -0.25) is 9.59 Å². The maximum absolute atomic E-state index is 12.9. The molecule has 1 fully saturated rings. The molecule has 1 aliphatic rings. The quantitative estimate of drug-likeness (QED) is 0.477. The van der Waals surface area contributed by atoms with Crippen molar-refractivity contribution in [1.29, 1.82) is 0 Å². The number of anilines is 1. The minimum atomic E-state index is -0.384. The monoisotopic (exact) mass is 419 g/mol. The highest BCUT2D eigenvalue weighted by Crippen LogP contribution is 2.29. The summed E-state index contributed by atoms with van der Waals surface area (Å²) in [7, 11) is 1.65. The molecule has 0 N–H and O–H groups in total. The molecular weight excluding hydrogens is 394 g/mol. The minimum absolute atomic E-state index is 0.0293. The number of amides is 1. The first-order valence-electron chi connectivity index (χ1n) is 10.2. The second kappa shape index (κ2) is 8.63. The van der Waals surface area contributed by atoms with E-state index >= 15 is 0 Å². The molecule has 2 aromatic carbocycles. The molecule has 31 heavy (non-hydrogen) atoms. The molecule has 0 bridgehead atoms. The van der Waals surface area contributed by atoms with E-state index in [0.717, 1.165) is 28.0 Å². The first kappa shape index (κ1) is 20.7. The Kier molecular flexibility index (Phi) is 5.75. The topological polar surface area (TPSA) is 72.0 Å². The van der Waals surface area contributed by atoms with Crippen LogP contribution in [0.15, 0.2) is 48.5 Å². The average Bonchev–Trinajstić information content (AvgIpc) is 2.78. The number of carbonyl (C=O) groups is 2. The van der Waals surface area contributed by atoms with Crippen LogP contribution in [0.4, 0.5) is 5.82 Å². The normalized spacial score (nSPS) is 13.9. The summed E-state index contributed by atoms with van der Waals surface area (Å²) in [5.41, 5.74) is 2.57. The molecule has 3 aromatic rings. The van der Waals surface area contributed by atoms with Crippen molar-refractivity contribution in [3.63, 3.8) is 0 Å². The molecule has 0 saturated carbocycles. The van der Waals surface area contributed by atoms with Crippen LogP contribution in [0.1, 0.15) is 22.8 Å². The zero-order chi connectivity index (χ0) is 22.0. The second-order valence-corrected chi connectivity index (χ2v) is 7.55. The molecule has 0 atom stereocenters. The molecule has 1 aromatic heterocycles. The van der Waals surface area contributed by atoms with E-state index < -0.39 is 0 Å². The Morgan fingerprint density at radius 2 is 1.71 bits per heavy atom. The fraction of sp³-hybridized carbons (Fsp3) is 0.292. The van der Waals surface area contributed by atoms with Crippen LogP contribution in [0.3, 0.4) is 0 Å². The molecule has 0 radical (unpaired) electrons. The van der Waals surface area contributed by atoms with Crippen LogP contribution >= 0.6 is 0 Å². The largest absolute Gasteiger partial charge is 0.494 e. The van der Waals surface area contributed by atoms with Crippen LogP contribution in [0, 0.1) is 6.92 Å². The fourth-order valence-electron chi connectivity index (χ4n) is 3.85. The molecule has 2 heterocycles. The average molecular weight is 419 g/mol. The number of aryl methyl sites for hydroxylation is 1. The number of nitrogens with zero attached hydrogens (tertiary/aromatic N) is 3. The standard InChI is InChI=1S/C24H25N3O4/c1-16-15-22(25-23-20(16)5-4-6-21(23)30-3)26-11-13-27(14-12-26)24(29)18-7-9-19(10-8-18)31-17(2)28/h4-10,15H,11-14H2,1-3H3.